The van der Waals surface area contributed by atoms with Crippen LogP contribution in [0.3, 0.4) is 0 Å². The molecule has 0 aliphatic rings. The zero-order valence-corrected chi connectivity index (χ0v) is 11.8. The number of ether oxygens (including phenoxy) is 1. The molecule has 0 aliphatic heterocycles. The molecule has 90 valence electrons. The van der Waals surface area contributed by atoms with E-state index in [1.165, 1.54) is 12.8 Å². The fourth-order valence-corrected chi connectivity index (χ4v) is 2.15. The molecule has 0 heterocycles. The Hall–Kier alpha value is -0.250. The Balaban J connectivity index is 2.21. The molecule has 0 bridgehead atoms. The molecular weight excluding hydrogens is 289 g/mol. The van der Waals surface area contributed by atoms with Gasteiger partial charge < -0.3 is 10.1 Å². The number of nitrogens with one attached hydrogen (secondary N) is 1. The highest BCUT2D eigenvalue weighted by Crippen LogP contribution is 2.28. The third-order valence-corrected chi connectivity index (χ3v) is 3.08. The third-order valence-electron chi connectivity index (χ3n) is 2.22. The van der Waals surface area contributed by atoms with Crippen LogP contribution in [0.5, 0.6) is 5.75 Å². The predicted octanol–water partition coefficient (Wildman–Crippen LogP) is 3.87. The van der Waals surface area contributed by atoms with E-state index in [2.05, 4.69) is 21.2 Å². The molecule has 0 atom stereocenters. The van der Waals surface area contributed by atoms with Crippen molar-refractivity contribution in [3.63, 3.8) is 0 Å². The van der Waals surface area contributed by atoms with E-state index in [4.69, 9.17) is 16.3 Å². The van der Waals surface area contributed by atoms with E-state index in [-0.39, 0.29) is 0 Å². The molecule has 16 heavy (non-hydrogen) atoms. The van der Waals surface area contributed by atoms with Crippen LogP contribution >= 0.6 is 27.5 Å². The first kappa shape index (κ1) is 13.8. The van der Waals surface area contributed by atoms with Crippen LogP contribution < -0.4 is 10.1 Å². The van der Waals surface area contributed by atoms with E-state index >= 15 is 0 Å². The minimum Gasteiger partial charge on any atom is -0.492 e. The Morgan fingerprint density at radius 1 is 1.31 bits per heavy atom. The molecule has 4 heteroatoms. The minimum absolute atomic E-state index is 0.716. The van der Waals surface area contributed by atoms with Crippen molar-refractivity contribution in [1.82, 2.24) is 5.32 Å². The zero-order valence-electron chi connectivity index (χ0n) is 9.43. The van der Waals surface area contributed by atoms with Gasteiger partial charge in [-0.15, -0.1) is 0 Å². The van der Waals surface area contributed by atoms with Crippen molar-refractivity contribution in [2.24, 2.45) is 0 Å². The van der Waals surface area contributed by atoms with Crippen LogP contribution in [0.25, 0.3) is 0 Å². The molecule has 1 N–H and O–H groups in total. The average molecular weight is 307 g/mol. The van der Waals surface area contributed by atoms with E-state index < -0.39 is 0 Å². The molecule has 1 aromatic carbocycles. The molecule has 0 saturated heterocycles. The standard InChI is InChI=1S/C12H17BrClNO/c1-15-7-3-2-4-8-16-12-6-5-10(14)9-11(12)13/h5-6,9,15H,2-4,7-8H2,1H3. The van der Waals surface area contributed by atoms with E-state index in [1.54, 1.807) is 0 Å². The Labute approximate surface area is 110 Å². The van der Waals surface area contributed by atoms with E-state index in [9.17, 15) is 0 Å². The van der Waals surface area contributed by atoms with Gasteiger partial charge in [0, 0.05) is 5.02 Å². The maximum atomic E-state index is 5.84. The summed E-state index contributed by atoms with van der Waals surface area (Å²) in [7, 11) is 1.97. The summed E-state index contributed by atoms with van der Waals surface area (Å²) in [4.78, 5) is 0. The van der Waals surface area contributed by atoms with Gasteiger partial charge in [0.2, 0.25) is 0 Å². The monoisotopic (exact) mass is 305 g/mol. The molecule has 0 aliphatic carbocycles. The summed E-state index contributed by atoms with van der Waals surface area (Å²) in [6.07, 6.45) is 3.46. The number of rotatable bonds is 7. The second kappa shape index (κ2) is 7.93. The van der Waals surface area contributed by atoms with Crippen molar-refractivity contribution >= 4 is 27.5 Å². The molecule has 0 aromatic heterocycles. The van der Waals surface area contributed by atoms with Gasteiger partial charge in [-0.05, 0) is 67.0 Å². The van der Waals surface area contributed by atoms with Gasteiger partial charge in [-0.25, -0.2) is 0 Å². The highest BCUT2D eigenvalue weighted by atomic mass is 79.9. The van der Waals surface area contributed by atoms with Gasteiger partial charge in [-0.1, -0.05) is 11.6 Å². The normalized spacial score (nSPS) is 10.4. The second-order valence-electron chi connectivity index (χ2n) is 3.59. The Bertz CT molecular complexity index is 320. The van der Waals surface area contributed by atoms with Crippen molar-refractivity contribution in [3.05, 3.63) is 27.7 Å². The molecule has 0 spiro atoms. The van der Waals surface area contributed by atoms with Crippen molar-refractivity contribution in [2.75, 3.05) is 20.2 Å². The van der Waals surface area contributed by atoms with E-state index in [0.29, 0.717) is 5.02 Å². The minimum atomic E-state index is 0.716. The summed E-state index contributed by atoms with van der Waals surface area (Å²) in [5.74, 6) is 0.859. The number of hydrogen-bond acceptors (Lipinski definition) is 2. The molecule has 0 saturated carbocycles. The summed E-state index contributed by atoms with van der Waals surface area (Å²) < 4.78 is 6.56. The summed E-state index contributed by atoms with van der Waals surface area (Å²) >= 11 is 9.26. The van der Waals surface area contributed by atoms with Crippen LogP contribution in [-0.2, 0) is 0 Å². The van der Waals surface area contributed by atoms with Gasteiger partial charge in [0.15, 0.2) is 0 Å². The van der Waals surface area contributed by atoms with Crippen LogP contribution in [0.1, 0.15) is 19.3 Å². The lowest BCUT2D eigenvalue weighted by atomic mass is 10.2. The van der Waals surface area contributed by atoms with Crippen LogP contribution in [0.2, 0.25) is 5.02 Å². The van der Waals surface area contributed by atoms with Gasteiger partial charge in [0.25, 0.3) is 0 Å². The molecule has 0 unspecified atom stereocenters. The number of hydrogen-bond donors (Lipinski definition) is 1. The van der Waals surface area contributed by atoms with Gasteiger partial charge >= 0.3 is 0 Å². The molecule has 2 nitrogen and oxygen atoms in total. The first-order chi connectivity index (χ1) is 7.74. The lowest BCUT2D eigenvalue weighted by molar-refractivity contribution is 0.303. The molecular formula is C12H17BrClNO. The van der Waals surface area contributed by atoms with Crippen LogP contribution in [0, 0.1) is 0 Å². The molecule has 1 rings (SSSR count). The average Bonchev–Trinajstić information content (AvgIpc) is 2.26. The molecule has 0 radical (unpaired) electrons. The SMILES string of the molecule is CNCCCCCOc1ccc(Cl)cc1Br. The second-order valence-corrected chi connectivity index (χ2v) is 4.88. The highest BCUT2D eigenvalue weighted by Gasteiger charge is 2.01. The fraction of sp³-hybridized carbons (Fsp3) is 0.500. The highest BCUT2D eigenvalue weighted by molar-refractivity contribution is 9.10. The van der Waals surface area contributed by atoms with Crippen molar-refractivity contribution in [3.8, 4) is 5.75 Å². The molecule has 0 amide bonds. The summed E-state index contributed by atoms with van der Waals surface area (Å²) in [5.41, 5.74) is 0. The summed E-state index contributed by atoms with van der Waals surface area (Å²) in [6.45, 7) is 1.83. The number of halogens is 2. The molecule has 0 fully saturated rings. The smallest absolute Gasteiger partial charge is 0.133 e. The van der Waals surface area contributed by atoms with Crippen LogP contribution in [0.4, 0.5) is 0 Å². The largest absolute Gasteiger partial charge is 0.492 e. The summed E-state index contributed by atoms with van der Waals surface area (Å²) in [6, 6.07) is 5.57. The maximum absolute atomic E-state index is 5.84. The van der Waals surface area contributed by atoms with E-state index in [0.717, 1.165) is 29.8 Å². The van der Waals surface area contributed by atoms with Crippen LogP contribution in [0.15, 0.2) is 22.7 Å². The zero-order chi connectivity index (χ0) is 11.8. The quantitative estimate of drug-likeness (QED) is 0.772. The van der Waals surface area contributed by atoms with Gasteiger partial charge in [0.1, 0.15) is 5.75 Å². The first-order valence-corrected chi connectivity index (χ1v) is 6.63. The van der Waals surface area contributed by atoms with Gasteiger partial charge in [-0.2, -0.15) is 0 Å². The Morgan fingerprint density at radius 2 is 2.12 bits per heavy atom. The van der Waals surface area contributed by atoms with Crippen molar-refractivity contribution in [2.45, 2.75) is 19.3 Å². The van der Waals surface area contributed by atoms with Gasteiger partial charge in [0.05, 0.1) is 11.1 Å². The first-order valence-electron chi connectivity index (χ1n) is 5.46. The third kappa shape index (κ3) is 5.19. The number of unbranched alkanes of at least 4 members (excludes halogenated alkanes) is 2. The lowest BCUT2D eigenvalue weighted by Gasteiger charge is -2.08. The van der Waals surface area contributed by atoms with Crippen molar-refractivity contribution in [1.29, 1.82) is 0 Å². The number of benzene rings is 1. The van der Waals surface area contributed by atoms with E-state index in [1.807, 2.05) is 25.2 Å². The topological polar surface area (TPSA) is 21.3 Å². The van der Waals surface area contributed by atoms with Gasteiger partial charge in [-0.3, -0.25) is 0 Å². The lowest BCUT2D eigenvalue weighted by Crippen LogP contribution is -2.07. The van der Waals surface area contributed by atoms with Crippen LogP contribution in [-0.4, -0.2) is 20.2 Å². The summed E-state index contributed by atoms with van der Waals surface area (Å²) in [5, 5.41) is 3.84. The Kier molecular flexibility index (Phi) is 6.85. The van der Waals surface area contributed by atoms with Crippen molar-refractivity contribution < 1.29 is 4.74 Å². The maximum Gasteiger partial charge on any atom is 0.133 e. The molecule has 1 aromatic rings. The predicted molar refractivity (Wildman–Crippen MR) is 72.4 cm³/mol. The Morgan fingerprint density at radius 3 is 2.81 bits per heavy atom. The fourth-order valence-electron chi connectivity index (χ4n) is 1.36.